The van der Waals surface area contributed by atoms with E-state index >= 15 is 0 Å². The molecule has 1 saturated heterocycles. The van der Waals surface area contributed by atoms with Crippen molar-refractivity contribution >= 4 is 22.8 Å². The molecule has 3 aromatic rings. The maximum Gasteiger partial charge on any atom is 0.337 e. The van der Waals surface area contributed by atoms with Crippen LogP contribution >= 0.6 is 0 Å². The summed E-state index contributed by atoms with van der Waals surface area (Å²) < 4.78 is 10.2. The Labute approximate surface area is 213 Å². The second kappa shape index (κ2) is 12.5. The number of methoxy groups -OCH3 is 1. The number of nitrogens with zero attached hydrogens (tertiary/aromatic N) is 2. The average Bonchev–Trinajstić information content (AvgIpc) is 2.92. The fourth-order valence-corrected chi connectivity index (χ4v) is 4.63. The van der Waals surface area contributed by atoms with Crippen molar-refractivity contribution in [3.8, 4) is 0 Å². The first-order valence-electron chi connectivity index (χ1n) is 12.6. The average molecular weight is 490 g/mol. The Balaban J connectivity index is 1.45. The van der Waals surface area contributed by atoms with Gasteiger partial charge in [0, 0.05) is 32.7 Å². The van der Waals surface area contributed by atoms with Crippen molar-refractivity contribution in [3.05, 3.63) is 83.4 Å². The molecule has 0 bridgehead atoms. The van der Waals surface area contributed by atoms with Gasteiger partial charge in [0.25, 0.3) is 0 Å². The highest BCUT2D eigenvalue weighted by Crippen LogP contribution is 2.24. The van der Waals surface area contributed by atoms with Gasteiger partial charge < -0.3 is 19.7 Å². The molecule has 7 heteroatoms. The summed E-state index contributed by atoms with van der Waals surface area (Å²) in [6.07, 6.45) is 0.871. The first-order valence-corrected chi connectivity index (χ1v) is 12.6. The molecule has 1 heterocycles. The van der Waals surface area contributed by atoms with Crippen molar-refractivity contribution in [2.24, 2.45) is 0 Å². The van der Waals surface area contributed by atoms with Crippen molar-refractivity contribution < 1.29 is 19.1 Å². The van der Waals surface area contributed by atoms with E-state index in [0.717, 1.165) is 61.2 Å². The minimum Gasteiger partial charge on any atom is -0.465 e. The van der Waals surface area contributed by atoms with Crippen LogP contribution in [0.3, 0.4) is 0 Å². The molecule has 1 N–H and O–H groups in total. The summed E-state index contributed by atoms with van der Waals surface area (Å²) in [5.41, 5.74) is 2.55. The van der Waals surface area contributed by atoms with Gasteiger partial charge in [-0.25, -0.2) is 9.59 Å². The van der Waals surface area contributed by atoms with Crippen LogP contribution in [0.25, 0.3) is 10.8 Å². The Kier molecular flexibility index (Phi) is 8.92. The fourth-order valence-electron chi connectivity index (χ4n) is 4.63. The van der Waals surface area contributed by atoms with Gasteiger partial charge in [-0.3, -0.25) is 4.90 Å². The van der Waals surface area contributed by atoms with Crippen LogP contribution in [-0.2, 0) is 16.0 Å². The molecule has 1 aliphatic heterocycles. The maximum absolute atomic E-state index is 13.5. The van der Waals surface area contributed by atoms with Crippen LogP contribution in [0.2, 0.25) is 0 Å². The Morgan fingerprint density at radius 3 is 2.50 bits per heavy atom. The summed E-state index contributed by atoms with van der Waals surface area (Å²) in [5, 5.41) is 5.52. The number of hydrogen-bond acceptors (Lipinski definition) is 5. The molecule has 0 unspecified atom stereocenters. The van der Waals surface area contributed by atoms with Crippen molar-refractivity contribution in [3.63, 3.8) is 0 Å². The number of fused-ring (bicyclic) bond motifs is 1. The first kappa shape index (κ1) is 25.7. The molecule has 1 aliphatic rings. The molecular weight excluding hydrogens is 454 g/mol. The Hall–Kier alpha value is -3.42. The smallest absolute Gasteiger partial charge is 0.337 e. The van der Waals surface area contributed by atoms with Crippen LogP contribution in [-0.4, -0.2) is 68.3 Å². The van der Waals surface area contributed by atoms with Crippen LogP contribution < -0.4 is 5.32 Å². The van der Waals surface area contributed by atoms with Gasteiger partial charge in [-0.2, -0.15) is 0 Å². The molecule has 0 radical (unpaired) electrons. The van der Waals surface area contributed by atoms with E-state index in [1.165, 1.54) is 7.11 Å². The third-order valence-corrected chi connectivity index (χ3v) is 6.67. The van der Waals surface area contributed by atoms with Crippen molar-refractivity contribution in [2.75, 3.05) is 46.5 Å². The first-order chi connectivity index (χ1) is 17.5. The van der Waals surface area contributed by atoms with E-state index < -0.39 is 0 Å². The zero-order valence-electron chi connectivity index (χ0n) is 21.1. The molecule has 2 amide bonds. The highest BCUT2D eigenvalue weighted by atomic mass is 16.5. The van der Waals surface area contributed by atoms with E-state index in [-0.39, 0.29) is 18.0 Å². The van der Waals surface area contributed by atoms with Gasteiger partial charge in [-0.1, -0.05) is 54.6 Å². The van der Waals surface area contributed by atoms with Crippen molar-refractivity contribution in [1.82, 2.24) is 15.1 Å². The van der Waals surface area contributed by atoms with Gasteiger partial charge in [0.1, 0.15) is 0 Å². The van der Waals surface area contributed by atoms with E-state index in [9.17, 15) is 9.59 Å². The largest absolute Gasteiger partial charge is 0.465 e. The summed E-state index contributed by atoms with van der Waals surface area (Å²) in [6.45, 7) is 7.42. The fraction of sp³-hybridized carbons (Fsp3) is 0.379. The number of nitrogens with one attached hydrogen (secondary N) is 1. The van der Waals surface area contributed by atoms with Crippen molar-refractivity contribution in [2.45, 2.75) is 25.9 Å². The molecule has 0 spiro atoms. The molecule has 1 fully saturated rings. The minimum absolute atomic E-state index is 0.102. The molecule has 36 heavy (non-hydrogen) atoms. The van der Waals surface area contributed by atoms with E-state index in [1.807, 2.05) is 42.2 Å². The van der Waals surface area contributed by atoms with Gasteiger partial charge in [-0.15, -0.1) is 0 Å². The predicted octanol–water partition coefficient (Wildman–Crippen LogP) is 4.62. The molecule has 7 nitrogen and oxygen atoms in total. The predicted molar refractivity (Wildman–Crippen MR) is 141 cm³/mol. The van der Waals surface area contributed by atoms with E-state index in [2.05, 4.69) is 34.5 Å². The molecule has 190 valence electrons. The number of morpholine rings is 1. The van der Waals surface area contributed by atoms with Crippen LogP contribution in [0.5, 0.6) is 0 Å². The number of benzene rings is 3. The number of urea groups is 1. The lowest BCUT2D eigenvalue weighted by atomic mass is 10.00. The lowest BCUT2D eigenvalue weighted by molar-refractivity contribution is 0.0364. The highest BCUT2D eigenvalue weighted by molar-refractivity contribution is 5.89. The zero-order chi connectivity index (χ0) is 25.3. The Morgan fingerprint density at radius 2 is 1.75 bits per heavy atom. The summed E-state index contributed by atoms with van der Waals surface area (Å²) in [4.78, 5) is 29.5. The van der Waals surface area contributed by atoms with Crippen LogP contribution in [0.1, 0.15) is 40.9 Å². The van der Waals surface area contributed by atoms with Crippen LogP contribution in [0, 0.1) is 0 Å². The van der Waals surface area contributed by atoms with E-state index in [1.54, 1.807) is 12.1 Å². The second-order valence-corrected chi connectivity index (χ2v) is 9.16. The van der Waals surface area contributed by atoms with Gasteiger partial charge in [0.2, 0.25) is 0 Å². The molecule has 1 atom stereocenters. The zero-order valence-corrected chi connectivity index (χ0v) is 21.1. The van der Waals surface area contributed by atoms with Gasteiger partial charge in [0.15, 0.2) is 0 Å². The summed E-state index contributed by atoms with van der Waals surface area (Å²) in [7, 11) is 1.37. The van der Waals surface area contributed by atoms with Crippen molar-refractivity contribution in [1.29, 1.82) is 0 Å². The lowest BCUT2D eigenvalue weighted by Gasteiger charge is -2.29. The summed E-state index contributed by atoms with van der Waals surface area (Å²) in [6, 6.07) is 21.4. The quantitative estimate of drug-likeness (QED) is 0.444. The Bertz CT molecular complexity index is 1150. The number of hydrogen-bond donors (Lipinski definition) is 1. The van der Waals surface area contributed by atoms with E-state index in [4.69, 9.17) is 9.47 Å². The molecule has 0 aliphatic carbocycles. The highest BCUT2D eigenvalue weighted by Gasteiger charge is 2.19. The minimum atomic E-state index is -0.370. The molecule has 0 aromatic heterocycles. The van der Waals surface area contributed by atoms with E-state index in [0.29, 0.717) is 18.7 Å². The number of esters is 1. The monoisotopic (exact) mass is 489 g/mol. The van der Waals surface area contributed by atoms with Crippen LogP contribution in [0.15, 0.2) is 66.7 Å². The standard InChI is InChI=1S/C29H35N3O4/c1-22(26-10-5-8-24-7-3-4-9-27(24)26)30-29(34)32(16-6-15-31-17-19-36-20-18-31)21-23-11-13-25(14-12-23)28(33)35-2/h3-5,7-14,22H,6,15-21H2,1-2H3,(H,30,34)/t22-/m0/s1. The third kappa shape index (κ3) is 6.62. The summed E-state index contributed by atoms with van der Waals surface area (Å²) >= 11 is 0. The number of carbonyl (C=O) groups excluding carboxylic acids is 2. The number of carbonyl (C=O) groups is 2. The SMILES string of the molecule is COC(=O)c1ccc(CN(CCCN2CCOCC2)C(=O)N[C@@H](C)c2cccc3ccccc23)cc1. The number of rotatable bonds is 9. The number of amides is 2. The molecule has 3 aromatic carbocycles. The molecular formula is C29H35N3O4. The third-order valence-electron chi connectivity index (χ3n) is 6.67. The van der Waals surface area contributed by atoms with Gasteiger partial charge >= 0.3 is 12.0 Å². The Morgan fingerprint density at radius 1 is 1.03 bits per heavy atom. The van der Waals surface area contributed by atoms with Gasteiger partial charge in [-0.05, 0) is 47.4 Å². The van der Waals surface area contributed by atoms with Crippen LogP contribution in [0.4, 0.5) is 4.79 Å². The lowest BCUT2D eigenvalue weighted by Crippen LogP contribution is -2.43. The second-order valence-electron chi connectivity index (χ2n) is 9.16. The number of ether oxygens (including phenoxy) is 2. The maximum atomic E-state index is 13.5. The normalized spacial score (nSPS) is 14.8. The summed E-state index contributed by atoms with van der Waals surface area (Å²) in [5.74, 6) is -0.370. The molecule has 4 rings (SSSR count). The van der Waals surface area contributed by atoms with Gasteiger partial charge in [0.05, 0.1) is 31.9 Å². The molecule has 0 saturated carbocycles. The topological polar surface area (TPSA) is 71.1 Å².